The number of aliphatic hydroxyl groups is 1. The van der Waals surface area contributed by atoms with Crippen LogP contribution in [0.2, 0.25) is 0 Å². The smallest absolute Gasteiger partial charge is 0.270 e. The first-order chi connectivity index (χ1) is 20.9. The molecule has 0 aliphatic carbocycles. The lowest BCUT2D eigenvalue weighted by Crippen LogP contribution is -2.43. The van der Waals surface area contributed by atoms with Gasteiger partial charge in [-0.15, -0.1) is 0 Å². The summed E-state index contributed by atoms with van der Waals surface area (Å²) in [5.41, 5.74) is 4.71. The van der Waals surface area contributed by atoms with Crippen LogP contribution in [0.15, 0.2) is 29.0 Å². The summed E-state index contributed by atoms with van der Waals surface area (Å²) in [5, 5.41) is 17.0. The maximum absolute atomic E-state index is 13.1. The summed E-state index contributed by atoms with van der Waals surface area (Å²) < 4.78 is 22.1. The number of nitrogens with one attached hydrogen (secondary N) is 2. The Balaban J connectivity index is 1.03. The number of rotatable bonds is 11. The number of amides is 1. The molecule has 13 heteroatoms. The van der Waals surface area contributed by atoms with Gasteiger partial charge in [-0.25, -0.2) is 9.97 Å². The lowest BCUT2D eigenvalue weighted by Gasteiger charge is -2.31. The van der Waals surface area contributed by atoms with Crippen molar-refractivity contribution in [2.75, 3.05) is 69.4 Å². The van der Waals surface area contributed by atoms with E-state index in [1.807, 2.05) is 17.9 Å². The predicted octanol–water partition coefficient (Wildman–Crippen LogP) is 1.46. The zero-order chi connectivity index (χ0) is 29.8. The molecule has 43 heavy (non-hydrogen) atoms. The number of carbonyl (C=O) groups excluding carboxylic acids is 1. The average molecular weight is 594 g/mol. The van der Waals surface area contributed by atoms with Crippen molar-refractivity contribution in [1.29, 1.82) is 0 Å². The molecule has 6 rings (SSSR count). The van der Waals surface area contributed by atoms with Crippen molar-refractivity contribution in [2.45, 2.75) is 45.6 Å². The van der Waals surface area contributed by atoms with Gasteiger partial charge in [0.05, 0.1) is 44.3 Å². The molecule has 1 amide bonds. The third-order valence-corrected chi connectivity index (χ3v) is 8.12. The number of hydrogen-bond acceptors (Lipinski definition) is 12. The van der Waals surface area contributed by atoms with Crippen LogP contribution in [0.5, 0.6) is 5.75 Å². The molecule has 3 aliphatic rings. The van der Waals surface area contributed by atoms with Crippen LogP contribution in [-0.2, 0) is 29.0 Å². The maximum atomic E-state index is 13.1. The standard InChI is InChI=1S/C30H39N7O6/c1-19-24-5-6-36(13-21(24)3-4-26(19)42-17-27-20(2)32-18-43-27)14-23(38)12-31-29(39)25-11-28(33-22-15-41-16-22)35-30(34-25)37-7-9-40-10-8-37/h3-4,11,18,22-23,38H,5-10,12-17H2,1-2H3,(H,31,39)(H,33,34,35)/t23-/m0/s1. The normalized spacial score (nSPS) is 18.1. The van der Waals surface area contributed by atoms with E-state index in [9.17, 15) is 9.90 Å². The molecule has 1 atom stereocenters. The van der Waals surface area contributed by atoms with Crippen LogP contribution in [0, 0.1) is 13.8 Å². The van der Waals surface area contributed by atoms with E-state index in [-0.39, 0.29) is 24.2 Å². The highest BCUT2D eigenvalue weighted by molar-refractivity contribution is 5.93. The van der Waals surface area contributed by atoms with E-state index in [2.05, 4.69) is 43.5 Å². The summed E-state index contributed by atoms with van der Waals surface area (Å²) in [6.07, 6.45) is 1.55. The number of morpholine rings is 1. The molecule has 0 radical (unpaired) electrons. The lowest BCUT2D eigenvalue weighted by atomic mass is 9.94. The van der Waals surface area contributed by atoms with Crippen LogP contribution in [0.4, 0.5) is 11.8 Å². The SMILES string of the molecule is Cc1ncoc1COc1ccc2c(c1C)CCN(C[C@@H](O)CNC(=O)c1cc(NC3COC3)nc(N3CCOCC3)n1)C2. The molecule has 2 aromatic heterocycles. The van der Waals surface area contributed by atoms with E-state index in [4.69, 9.17) is 18.6 Å². The van der Waals surface area contributed by atoms with Crippen LogP contribution >= 0.6 is 0 Å². The Kier molecular flexibility index (Phi) is 9.03. The largest absolute Gasteiger partial charge is 0.485 e. The molecular formula is C30H39N7O6. The van der Waals surface area contributed by atoms with Gasteiger partial charge in [0.15, 0.2) is 12.2 Å². The van der Waals surface area contributed by atoms with E-state index in [0.29, 0.717) is 64.4 Å². The fourth-order valence-electron chi connectivity index (χ4n) is 5.52. The Bertz CT molecular complexity index is 1420. The number of fused-ring (bicyclic) bond motifs is 1. The second-order valence-corrected chi connectivity index (χ2v) is 11.2. The number of nitrogens with zero attached hydrogens (tertiary/aromatic N) is 5. The molecule has 3 N–H and O–H groups in total. The van der Waals surface area contributed by atoms with Crippen molar-refractivity contribution in [3.63, 3.8) is 0 Å². The van der Waals surface area contributed by atoms with E-state index in [1.54, 1.807) is 6.07 Å². The van der Waals surface area contributed by atoms with Gasteiger partial charge in [-0.2, -0.15) is 4.98 Å². The molecule has 3 aliphatic heterocycles. The van der Waals surface area contributed by atoms with Crippen LogP contribution in [0.1, 0.15) is 38.6 Å². The van der Waals surface area contributed by atoms with Gasteiger partial charge < -0.3 is 39.3 Å². The van der Waals surface area contributed by atoms with E-state index in [1.165, 1.54) is 17.5 Å². The second-order valence-electron chi connectivity index (χ2n) is 11.2. The number of benzene rings is 1. The van der Waals surface area contributed by atoms with Crippen molar-refractivity contribution in [1.82, 2.24) is 25.2 Å². The summed E-state index contributed by atoms with van der Waals surface area (Å²) in [6.45, 7) is 10.1. The Hall–Kier alpha value is -3.78. The predicted molar refractivity (Wildman–Crippen MR) is 157 cm³/mol. The monoisotopic (exact) mass is 593 g/mol. The Morgan fingerprint density at radius 3 is 2.74 bits per heavy atom. The Morgan fingerprint density at radius 1 is 1.16 bits per heavy atom. The number of β-amino-alcohol motifs (C(OH)–C–C–N with tert-alkyl or cyclic N) is 1. The number of aliphatic hydroxyl groups excluding tert-OH is 1. The van der Waals surface area contributed by atoms with Gasteiger partial charge in [0.25, 0.3) is 5.91 Å². The first-order valence-corrected chi connectivity index (χ1v) is 14.8. The van der Waals surface area contributed by atoms with Gasteiger partial charge >= 0.3 is 0 Å². The van der Waals surface area contributed by atoms with Gasteiger partial charge in [0.1, 0.15) is 23.9 Å². The molecule has 0 bridgehead atoms. The molecule has 1 aromatic carbocycles. The zero-order valence-electron chi connectivity index (χ0n) is 24.7. The Morgan fingerprint density at radius 2 is 2.00 bits per heavy atom. The van der Waals surface area contributed by atoms with E-state index >= 15 is 0 Å². The topological polar surface area (TPSA) is 147 Å². The molecule has 0 saturated carbocycles. The maximum Gasteiger partial charge on any atom is 0.270 e. The van der Waals surface area contributed by atoms with Crippen molar-refractivity contribution in [3.8, 4) is 5.75 Å². The number of ether oxygens (including phenoxy) is 3. The minimum atomic E-state index is -0.732. The van der Waals surface area contributed by atoms with Crippen LogP contribution in [0.25, 0.3) is 0 Å². The van der Waals surface area contributed by atoms with Gasteiger partial charge in [-0.3, -0.25) is 9.69 Å². The average Bonchev–Trinajstić information content (AvgIpc) is 3.42. The summed E-state index contributed by atoms with van der Waals surface area (Å²) in [5.74, 6) is 2.29. The van der Waals surface area contributed by atoms with Crippen LogP contribution in [0.3, 0.4) is 0 Å². The first-order valence-electron chi connectivity index (χ1n) is 14.8. The molecule has 13 nitrogen and oxygen atoms in total. The molecular weight excluding hydrogens is 554 g/mol. The molecule has 0 spiro atoms. The van der Waals surface area contributed by atoms with Gasteiger partial charge in [-0.1, -0.05) is 6.07 Å². The fourth-order valence-corrected chi connectivity index (χ4v) is 5.52. The quantitative estimate of drug-likeness (QED) is 0.296. The minimum Gasteiger partial charge on any atom is -0.485 e. The molecule has 3 aromatic rings. The van der Waals surface area contributed by atoms with Gasteiger partial charge in [0.2, 0.25) is 5.95 Å². The number of aromatic nitrogens is 3. The third kappa shape index (κ3) is 7.07. The number of anilines is 2. The van der Waals surface area contributed by atoms with Crippen LogP contribution in [-0.4, -0.2) is 102 Å². The van der Waals surface area contributed by atoms with Crippen molar-refractivity contribution in [2.24, 2.45) is 0 Å². The molecule has 2 fully saturated rings. The minimum absolute atomic E-state index is 0.116. The Labute approximate surface area is 250 Å². The highest BCUT2D eigenvalue weighted by Gasteiger charge is 2.24. The molecule has 230 valence electrons. The van der Waals surface area contributed by atoms with Crippen molar-refractivity contribution < 1.29 is 28.5 Å². The number of hydrogen-bond donors (Lipinski definition) is 3. The number of oxazole rings is 1. The fraction of sp³-hybridized carbons (Fsp3) is 0.533. The highest BCUT2D eigenvalue weighted by atomic mass is 16.5. The second kappa shape index (κ2) is 13.2. The number of aryl methyl sites for hydroxylation is 1. The lowest BCUT2D eigenvalue weighted by molar-refractivity contribution is 0.0209. The summed E-state index contributed by atoms with van der Waals surface area (Å²) in [7, 11) is 0. The van der Waals surface area contributed by atoms with E-state index < -0.39 is 6.10 Å². The van der Waals surface area contributed by atoms with Gasteiger partial charge in [0, 0.05) is 45.3 Å². The van der Waals surface area contributed by atoms with Crippen molar-refractivity contribution >= 4 is 17.7 Å². The third-order valence-electron chi connectivity index (χ3n) is 8.12. The molecule has 5 heterocycles. The first kappa shape index (κ1) is 29.3. The summed E-state index contributed by atoms with van der Waals surface area (Å²) in [4.78, 5) is 30.6. The van der Waals surface area contributed by atoms with Crippen LogP contribution < -0.4 is 20.3 Å². The highest BCUT2D eigenvalue weighted by Crippen LogP contribution is 2.30. The van der Waals surface area contributed by atoms with Gasteiger partial charge in [-0.05, 0) is 43.0 Å². The van der Waals surface area contributed by atoms with Crippen molar-refractivity contribution in [3.05, 3.63) is 58.4 Å². The summed E-state index contributed by atoms with van der Waals surface area (Å²) in [6, 6.07) is 5.89. The van der Waals surface area contributed by atoms with E-state index in [0.717, 1.165) is 42.3 Å². The summed E-state index contributed by atoms with van der Waals surface area (Å²) >= 11 is 0. The zero-order valence-corrected chi connectivity index (χ0v) is 24.7. The molecule has 2 saturated heterocycles. The molecule has 0 unspecified atom stereocenters. The number of carbonyl (C=O) groups is 1.